The van der Waals surface area contributed by atoms with E-state index in [1.54, 1.807) is 6.33 Å². The highest BCUT2D eigenvalue weighted by atomic mass is 15.3. The molecule has 1 aromatic heterocycles. The van der Waals surface area contributed by atoms with Gasteiger partial charge in [-0.3, -0.25) is 4.90 Å². The maximum Gasteiger partial charge on any atom is 0.132 e. The van der Waals surface area contributed by atoms with E-state index in [0.717, 1.165) is 50.8 Å². The molecule has 5 heteroatoms. The Bertz CT molecular complexity index is 371. The van der Waals surface area contributed by atoms with Crippen LogP contribution >= 0.6 is 0 Å². The molecular formula is C13H23N5. The molecule has 1 aliphatic heterocycles. The fourth-order valence-corrected chi connectivity index (χ4v) is 2.23. The van der Waals surface area contributed by atoms with Crippen molar-refractivity contribution in [2.45, 2.75) is 19.8 Å². The van der Waals surface area contributed by atoms with Gasteiger partial charge in [0.25, 0.3) is 0 Å². The second-order valence-electron chi connectivity index (χ2n) is 5.07. The van der Waals surface area contributed by atoms with Crippen molar-refractivity contribution in [2.75, 3.05) is 44.2 Å². The van der Waals surface area contributed by atoms with Gasteiger partial charge < -0.3 is 10.6 Å². The molecular weight excluding hydrogens is 226 g/mol. The quantitative estimate of drug-likeness (QED) is 0.850. The third-order valence-corrected chi connectivity index (χ3v) is 3.41. The molecule has 1 fully saturated rings. The number of hydrogen-bond donors (Lipinski definition) is 1. The fraction of sp³-hybridized carbons (Fsp3) is 0.692. The summed E-state index contributed by atoms with van der Waals surface area (Å²) >= 11 is 0. The van der Waals surface area contributed by atoms with Gasteiger partial charge in [0.2, 0.25) is 0 Å². The predicted octanol–water partition coefficient (Wildman–Crippen LogP) is 0.681. The predicted molar refractivity (Wildman–Crippen MR) is 73.8 cm³/mol. The van der Waals surface area contributed by atoms with Gasteiger partial charge in [-0.05, 0) is 5.92 Å². The number of nitrogens with zero attached hydrogens (tertiary/aromatic N) is 4. The molecule has 0 unspecified atom stereocenters. The van der Waals surface area contributed by atoms with E-state index in [4.69, 9.17) is 5.73 Å². The van der Waals surface area contributed by atoms with Gasteiger partial charge in [0.1, 0.15) is 12.1 Å². The Hall–Kier alpha value is -1.20. The van der Waals surface area contributed by atoms with Gasteiger partial charge in [-0.2, -0.15) is 0 Å². The van der Waals surface area contributed by atoms with Crippen molar-refractivity contribution < 1.29 is 0 Å². The lowest BCUT2D eigenvalue weighted by atomic mass is 10.1. The van der Waals surface area contributed by atoms with Crippen molar-refractivity contribution in [3.63, 3.8) is 0 Å². The smallest absolute Gasteiger partial charge is 0.132 e. The molecule has 18 heavy (non-hydrogen) atoms. The highest BCUT2D eigenvalue weighted by Crippen LogP contribution is 2.18. The van der Waals surface area contributed by atoms with E-state index in [1.807, 2.05) is 0 Å². The second kappa shape index (κ2) is 6.11. The van der Waals surface area contributed by atoms with E-state index in [2.05, 4.69) is 39.7 Å². The lowest BCUT2D eigenvalue weighted by molar-refractivity contribution is 0.264. The molecule has 2 heterocycles. The van der Waals surface area contributed by atoms with Crippen molar-refractivity contribution in [2.24, 2.45) is 5.73 Å². The largest absolute Gasteiger partial charge is 0.354 e. The first-order valence-corrected chi connectivity index (χ1v) is 6.70. The molecule has 0 saturated carbocycles. The summed E-state index contributed by atoms with van der Waals surface area (Å²) in [6.07, 6.45) is 1.68. The summed E-state index contributed by atoms with van der Waals surface area (Å²) in [4.78, 5) is 13.4. The van der Waals surface area contributed by atoms with Gasteiger partial charge in [0.05, 0.1) is 0 Å². The number of anilines is 1. The molecule has 0 aliphatic carbocycles. The van der Waals surface area contributed by atoms with Gasteiger partial charge in [0.15, 0.2) is 0 Å². The summed E-state index contributed by atoms with van der Waals surface area (Å²) in [6.45, 7) is 10.2. The Labute approximate surface area is 109 Å². The summed E-state index contributed by atoms with van der Waals surface area (Å²) in [7, 11) is 0. The van der Waals surface area contributed by atoms with E-state index in [0.29, 0.717) is 5.92 Å². The Morgan fingerprint density at radius 2 is 1.94 bits per heavy atom. The maximum absolute atomic E-state index is 5.58. The molecule has 5 nitrogen and oxygen atoms in total. The molecule has 1 saturated heterocycles. The summed E-state index contributed by atoms with van der Waals surface area (Å²) < 4.78 is 0. The number of rotatable bonds is 4. The average molecular weight is 249 g/mol. The molecule has 0 atom stereocenters. The molecule has 0 radical (unpaired) electrons. The second-order valence-corrected chi connectivity index (χ2v) is 5.07. The van der Waals surface area contributed by atoms with Crippen LogP contribution in [0.25, 0.3) is 0 Å². The van der Waals surface area contributed by atoms with E-state index in [-0.39, 0.29) is 0 Å². The topological polar surface area (TPSA) is 58.3 Å². The standard InChI is InChI=1S/C13H23N5/c1-11(2)12-9-13(16-10-15-12)18-7-5-17(4-3-14)6-8-18/h9-11H,3-8,14H2,1-2H3. The first kappa shape index (κ1) is 13.2. The van der Waals surface area contributed by atoms with E-state index in [1.165, 1.54) is 0 Å². The van der Waals surface area contributed by atoms with Crippen LogP contribution in [0.1, 0.15) is 25.5 Å². The van der Waals surface area contributed by atoms with Gasteiger partial charge in [-0.1, -0.05) is 13.8 Å². The van der Waals surface area contributed by atoms with Crippen LogP contribution in [0.15, 0.2) is 12.4 Å². The molecule has 0 spiro atoms. The van der Waals surface area contributed by atoms with E-state index in [9.17, 15) is 0 Å². The maximum atomic E-state index is 5.58. The van der Waals surface area contributed by atoms with Crippen LogP contribution < -0.4 is 10.6 Å². The third-order valence-electron chi connectivity index (χ3n) is 3.41. The van der Waals surface area contributed by atoms with Gasteiger partial charge in [-0.25, -0.2) is 9.97 Å². The molecule has 1 aliphatic rings. The van der Waals surface area contributed by atoms with Gasteiger partial charge in [0, 0.05) is 51.0 Å². The summed E-state index contributed by atoms with van der Waals surface area (Å²) in [5, 5.41) is 0. The normalized spacial score (nSPS) is 17.4. The van der Waals surface area contributed by atoms with E-state index >= 15 is 0 Å². The lowest BCUT2D eigenvalue weighted by Gasteiger charge is -2.35. The minimum atomic E-state index is 0.449. The zero-order valence-corrected chi connectivity index (χ0v) is 11.3. The van der Waals surface area contributed by atoms with Crippen molar-refractivity contribution in [1.29, 1.82) is 0 Å². The summed E-state index contributed by atoms with van der Waals surface area (Å²) in [5.74, 6) is 1.51. The first-order chi connectivity index (χ1) is 8.70. The molecule has 2 N–H and O–H groups in total. The van der Waals surface area contributed by atoms with Crippen LogP contribution in [0.4, 0.5) is 5.82 Å². The van der Waals surface area contributed by atoms with Crippen LogP contribution in [0.5, 0.6) is 0 Å². The highest BCUT2D eigenvalue weighted by Gasteiger charge is 2.17. The number of hydrogen-bond acceptors (Lipinski definition) is 5. The van der Waals surface area contributed by atoms with Crippen molar-refractivity contribution in [3.05, 3.63) is 18.1 Å². The van der Waals surface area contributed by atoms with Crippen molar-refractivity contribution in [3.8, 4) is 0 Å². The summed E-state index contributed by atoms with van der Waals surface area (Å²) in [6, 6.07) is 2.11. The fourth-order valence-electron chi connectivity index (χ4n) is 2.23. The van der Waals surface area contributed by atoms with Crippen molar-refractivity contribution in [1.82, 2.24) is 14.9 Å². The number of piperazine rings is 1. The molecule has 100 valence electrons. The molecule has 0 bridgehead atoms. The van der Waals surface area contributed by atoms with Crippen LogP contribution in [-0.4, -0.2) is 54.1 Å². The monoisotopic (exact) mass is 249 g/mol. The zero-order valence-electron chi connectivity index (χ0n) is 11.3. The minimum Gasteiger partial charge on any atom is -0.354 e. The average Bonchev–Trinajstić information content (AvgIpc) is 2.40. The first-order valence-electron chi connectivity index (χ1n) is 6.70. The van der Waals surface area contributed by atoms with E-state index < -0.39 is 0 Å². The van der Waals surface area contributed by atoms with Gasteiger partial charge >= 0.3 is 0 Å². The SMILES string of the molecule is CC(C)c1cc(N2CCN(CCN)CC2)ncn1. The van der Waals surface area contributed by atoms with Crippen LogP contribution in [0, 0.1) is 0 Å². The highest BCUT2D eigenvalue weighted by molar-refractivity contribution is 5.40. The number of nitrogens with two attached hydrogens (primary N) is 1. The molecule has 1 aromatic rings. The van der Waals surface area contributed by atoms with Crippen molar-refractivity contribution >= 4 is 5.82 Å². The molecule has 0 amide bonds. The minimum absolute atomic E-state index is 0.449. The number of aromatic nitrogens is 2. The Morgan fingerprint density at radius 1 is 1.22 bits per heavy atom. The van der Waals surface area contributed by atoms with Crippen LogP contribution in [0.3, 0.4) is 0 Å². The zero-order chi connectivity index (χ0) is 13.0. The summed E-state index contributed by atoms with van der Waals surface area (Å²) in [5.41, 5.74) is 6.70. The Kier molecular flexibility index (Phi) is 4.49. The van der Waals surface area contributed by atoms with Crippen LogP contribution in [-0.2, 0) is 0 Å². The molecule has 2 rings (SSSR count). The Balaban J connectivity index is 1.98. The van der Waals surface area contributed by atoms with Gasteiger partial charge in [-0.15, -0.1) is 0 Å². The van der Waals surface area contributed by atoms with Crippen LogP contribution in [0.2, 0.25) is 0 Å². The molecule has 0 aromatic carbocycles. The third kappa shape index (κ3) is 3.17. The Morgan fingerprint density at radius 3 is 2.56 bits per heavy atom. The lowest BCUT2D eigenvalue weighted by Crippen LogP contribution is -2.48.